The molecule has 0 amide bonds. The zero-order chi connectivity index (χ0) is 13.9. The van der Waals surface area contributed by atoms with E-state index in [4.69, 9.17) is 10.5 Å². The van der Waals surface area contributed by atoms with Gasteiger partial charge in [0.05, 0.1) is 0 Å². The van der Waals surface area contributed by atoms with Gasteiger partial charge in [-0.05, 0) is 48.9 Å². The second-order valence-corrected chi connectivity index (χ2v) is 5.14. The number of fused-ring (bicyclic) bond motifs is 1. The first-order chi connectivity index (χ1) is 9.74. The molecule has 0 saturated carbocycles. The van der Waals surface area contributed by atoms with Gasteiger partial charge in [0, 0.05) is 12.5 Å². The summed E-state index contributed by atoms with van der Waals surface area (Å²) in [6, 6.07) is 7.96. The summed E-state index contributed by atoms with van der Waals surface area (Å²) in [6.45, 7) is 2.00. The molecule has 1 aliphatic rings. The normalized spacial score (nSPS) is 13.8. The predicted octanol–water partition coefficient (Wildman–Crippen LogP) is 3.29. The molecule has 2 aromatic rings. The fourth-order valence-corrected chi connectivity index (χ4v) is 2.60. The number of nitrogen functional groups attached to an aromatic ring is 1. The molecule has 104 valence electrons. The third kappa shape index (κ3) is 2.74. The quantitative estimate of drug-likeness (QED) is 0.928. The minimum absolute atomic E-state index is 0.449. The molecule has 0 unspecified atom stereocenters. The molecular formula is C16H19N3O. The Morgan fingerprint density at radius 1 is 1.10 bits per heavy atom. The average Bonchev–Trinajstić information content (AvgIpc) is 2.46. The lowest BCUT2D eigenvalue weighted by Gasteiger charge is -2.16. The zero-order valence-corrected chi connectivity index (χ0v) is 11.7. The van der Waals surface area contributed by atoms with E-state index in [1.807, 2.05) is 13.0 Å². The van der Waals surface area contributed by atoms with Gasteiger partial charge < -0.3 is 10.5 Å². The lowest BCUT2D eigenvalue weighted by atomic mass is 9.92. The topological polar surface area (TPSA) is 61.0 Å². The van der Waals surface area contributed by atoms with Crippen LogP contribution in [0.2, 0.25) is 0 Å². The molecule has 0 atom stereocenters. The first-order valence-electron chi connectivity index (χ1n) is 7.17. The van der Waals surface area contributed by atoms with Gasteiger partial charge in [-0.25, -0.2) is 4.98 Å². The molecule has 0 fully saturated rings. The third-order valence-corrected chi connectivity index (χ3v) is 3.63. The molecule has 0 saturated heterocycles. The van der Waals surface area contributed by atoms with Gasteiger partial charge in [-0.1, -0.05) is 13.0 Å². The van der Waals surface area contributed by atoms with Crippen molar-refractivity contribution in [2.24, 2.45) is 0 Å². The van der Waals surface area contributed by atoms with Crippen LogP contribution in [0.1, 0.15) is 36.7 Å². The van der Waals surface area contributed by atoms with Crippen LogP contribution in [0.3, 0.4) is 0 Å². The van der Waals surface area contributed by atoms with Crippen molar-refractivity contribution in [1.29, 1.82) is 0 Å². The van der Waals surface area contributed by atoms with Crippen molar-refractivity contribution in [2.75, 3.05) is 5.73 Å². The third-order valence-electron chi connectivity index (χ3n) is 3.63. The SMILES string of the molecule is CCc1nc(N)cc(Oc2ccc3c(c2)CCCC3)n1. The van der Waals surface area contributed by atoms with Crippen molar-refractivity contribution in [3.63, 3.8) is 0 Å². The second kappa shape index (κ2) is 5.49. The molecule has 0 radical (unpaired) electrons. The Bertz CT molecular complexity index is 625. The van der Waals surface area contributed by atoms with Crippen LogP contribution in [-0.4, -0.2) is 9.97 Å². The van der Waals surface area contributed by atoms with Gasteiger partial charge in [-0.15, -0.1) is 0 Å². The van der Waals surface area contributed by atoms with E-state index in [0.717, 1.165) is 18.6 Å². The van der Waals surface area contributed by atoms with Crippen molar-refractivity contribution in [1.82, 2.24) is 9.97 Å². The Hall–Kier alpha value is -2.10. The van der Waals surface area contributed by atoms with Gasteiger partial charge in [0.25, 0.3) is 0 Å². The molecule has 0 spiro atoms. The van der Waals surface area contributed by atoms with Gasteiger partial charge in [-0.2, -0.15) is 4.98 Å². The summed E-state index contributed by atoms with van der Waals surface area (Å²) < 4.78 is 5.84. The van der Waals surface area contributed by atoms with E-state index in [-0.39, 0.29) is 0 Å². The highest BCUT2D eigenvalue weighted by molar-refractivity contribution is 5.40. The van der Waals surface area contributed by atoms with Crippen LogP contribution in [0, 0.1) is 0 Å². The summed E-state index contributed by atoms with van der Waals surface area (Å²) in [5.41, 5.74) is 8.61. The Labute approximate surface area is 119 Å². The standard InChI is InChI=1S/C16H19N3O/c1-2-15-18-14(17)10-16(19-15)20-13-8-7-11-5-3-4-6-12(11)9-13/h7-10H,2-6H2,1H3,(H2,17,18,19). The molecule has 0 aliphatic heterocycles. The molecule has 0 bridgehead atoms. The monoisotopic (exact) mass is 269 g/mol. The van der Waals surface area contributed by atoms with Crippen LogP contribution in [0.5, 0.6) is 11.6 Å². The maximum Gasteiger partial charge on any atom is 0.224 e. The van der Waals surface area contributed by atoms with Gasteiger partial charge >= 0.3 is 0 Å². The average molecular weight is 269 g/mol. The van der Waals surface area contributed by atoms with Crippen LogP contribution in [0.4, 0.5) is 5.82 Å². The van der Waals surface area contributed by atoms with Crippen molar-refractivity contribution >= 4 is 5.82 Å². The molecule has 1 aromatic carbocycles. The van der Waals surface area contributed by atoms with Crippen LogP contribution in [0.25, 0.3) is 0 Å². The summed E-state index contributed by atoms with van der Waals surface area (Å²) in [7, 11) is 0. The summed E-state index contributed by atoms with van der Waals surface area (Å²) in [5, 5.41) is 0. The lowest BCUT2D eigenvalue weighted by molar-refractivity contribution is 0.458. The summed E-state index contributed by atoms with van der Waals surface area (Å²) >= 11 is 0. The van der Waals surface area contributed by atoms with Crippen molar-refractivity contribution < 1.29 is 4.74 Å². The molecular weight excluding hydrogens is 250 g/mol. The van der Waals surface area contributed by atoms with E-state index in [0.29, 0.717) is 17.5 Å². The second-order valence-electron chi connectivity index (χ2n) is 5.14. The molecule has 4 nitrogen and oxygen atoms in total. The molecule has 3 rings (SSSR count). The number of nitrogens with zero attached hydrogens (tertiary/aromatic N) is 2. The highest BCUT2D eigenvalue weighted by Crippen LogP contribution is 2.28. The number of aryl methyl sites for hydroxylation is 3. The van der Waals surface area contributed by atoms with Gasteiger partial charge in [-0.3, -0.25) is 0 Å². The van der Waals surface area contributed by atoms with E-state index in [1.54, 1.807) is 6.07 Å². The molecule has 4 heteroatoms. The number of anilines is 1. The highest BCUT2D eigenvalue weighted by atomic mass is 16.5. The molecule has 20 heavy (non-hydrogen) atoms. The summed E-state index contributed by atoms with van der Waals surface area (Å²) in [4.78, 5) is 8.50. The first kappa shape index (κ1) is 12.9. The molecule has 1 aromatic heterocycles. The van der Waals surface area contributed by atoms with Crippen LogP contribution < -0.4 is 10.5 Å². The summed E-state index contributed by atoms with van der Waals surface area (Å²) in [5.74, 6) is 2.50. The Kier molecular flexibility index (Phi) is 3.54. The minimum Gasteiger partial charge on any atom is -0.439 e. The zero-order valence-electron chi connectivity index (χ0n) is 11.7. The maximum absolute atomic E-state index is 5.84. The fraction of sp³-hybridized carbons (Fsp3) is 0.375. The number of benzene rings is 1. The highest BCUT2D eigenvalue weighted by Gasteiger charge is 2.11. The Balaban J connectivity index is 1.85. The molecule has 2 N–H and O–H groups in total. The number of hydrogen-bond donors (Lipinski definition) is 1. The van der Waals surface area contributed by atoms with E-state index in [9.17, 15) is 0 Å². The Morgan fingerprint density at radius 2 is 1.90 bits per heavy atom. The number of ether oxygens (including phenoxy) is 1. The number of hydrogen-bond acceptors (Lipinski definition) is 4. The van der Waals surface area contributed by atoms with Crippen molar-refractivity contribution in [2.45, 2.75) is 39.0 Å². The van der Waals surface area contributed by atoms with Crippen molar-refractivity contribution in [3.8, 4) is 11.6 Å². The largest absolute Gasteiger partial charge is 0.439 e. The lowest BCUT2D eigenvalue weighted by Crippen LogP contribution is -2.03. The number of rotatable bonds is 3. The van der Waals surface area contributed by atoms with E-state index >= 15 is 0 Å². The van der Waals surface area contributed by atoms with Crippen LogP contribution in [-0.2, 0) is 19.3 Å². The van der Waals surface area contributed by atoms with Crippen LogP contribution >= 0.6 is 0 Å². The van der Waals surface area contributed by atoms with Gasteiger partial charge in [0.15, 0.2) is 0 Å². The van der Waals surface area contributed by atoms with Gasteiger partial charge in [0.1, 0.15) is 17.4 Å². The van der Waals surface area contributed by atoms with E-state index in [2.05, 4.69) is 22.1 Å². The number of nitrogens with two attached hydrogens (primary N) is 1. The van der Waals surface area contributed by atoms with Crippen LogP contribution in [0.15, 0.2) is 24.3 Å². The summed E-state index contributed by atoms with van der Waals surface area (Å²) in [6.07, 6.45) is 5.60. The number of aromatic nitrogens is 2. The van der Waals surface area contributed by atoms with Gasteiger partial charge in [0.2, 0.25) is 5.88 Å². The van der Waals surface area contributed by atoms with E-state index < -0.39 is 0 Å². The maximum atomic E-state index is 5.84. The van der Waals surface area contributed by atoms with E-state index in [1.165, 1.54) is 30.4 Å². The fourth-order valence-electron chi connectivity index (χ4n) is 2.60. The first-order valence-corrected chi connectivity index (χ1v) is 7.17. The molecule has 1 aliphatic carbocycles. The minimum atomic E-state index is 0.449. The predicted molar refractivity (Wildman–Crippen MR) is 79.0 cm³/mol. The van der Waals surface area contributed by atoms with Crippen molar-refractivity contribution in [3.05, 3.63) is 41.2 Å². The smallest absolute Gasteiger partial charge is 0.224 e. The Morgan fingerprint density at radius 3 is 2.70 bits per heavy atom. The molecule has 1 heterocycles.